The van der Waals surface area contributed by atoms with Gasteiger partial charge in [-0.2, -0.15) is 0 Å². The zero-order valence-corrected chi connectivity index (χ0v) is 13.5. The molecule has 1 rings (SSSR count). The summed E-state index contributed by atoms with van der Waals surface area (Å²) in [5, 5.41) is 0. The third kappa shape index (κ3) is 6.59. The molecule has 0 saturated carbocycles. The van der Waals surface area contributed by atoms with Gasteiger partial charge in [-0.25, -0.2) is 0 Å². The summed E-state index contributed by atoms with van der Waals surface area (Å²) in [5.41, 5.74) is 3.99. The normalized spacial score (nSPS) is 12.8. The summed E-state index contributed by atoms with van der Waals surface area (Å²) in [7, 11) is 0. The van der Waals surface area contributed by atoms with E-state index >= 15 is 0 Å². The van der Waals surface area contributed by atoms with Crippen LogP contribution in [0.1, 0.15) is 76.3 Å². The summed E-state index contributed by atoms with van der Waals surface area (Å²) in [6.45, 7) is 2.26. The van der Waals surface area contributed by atoms with E-state index in [1.807, 2.05) is 6.07 Å². The number of halogens is 1. The lowest BCUT2D eigenvalue weighted by molar-refractivity contribution is 0.462. The Morgan fingerprint density at radius 1 is 1.16 bits per heavy atom. The van der Waals surface area contributed by atoms with E-state index in [1.165, 1.54) is 51.4 Å². The van der Waals surface area contributed by atoms with Crippen LogP contribution in [-0.4, -0.2) is 0 Å². The maximum Gasteiger partial charge on any atom is 0.173 e. The Bertz CT molecular complexity index is 328. The molecule has 0 aromatic carbocycles. The van der Waals surface area contributed by atoms with E-state index < -0.39 is 0 Å². The van der Waals surface area contributed by atoms with Gasteiger partial charge in [-0.3, -0.25) is 11.3 Å². The number of nitrogens with one attached hydrogen (secondary N) is 1. The van der Waals surface area contributed by atoms with Gasteiger partial charge in [0.15, 0.2) is 4.67 Å². The van der Waals surface area contributed by atoms with Crippen molar-refractivity contribution in [2.45, 2.75) is 70.8 Å². The van der Waals surface area contributed by atoms with Crippen LogP contribution >= 0.6 is 15.9 Å². The predicted octanol–water partition coefficient (Wildman–Crippen LogP) is 5.08. The van der Waals surface area contributed by atoms with Gasteiger partial charge in [0.2, 0.25) is 0 Å². The van der Waals surface area contributed by atoms with Gasteiger partial charge in [-0.1, -0.05) is 58.3 Å². The first-order chi connectivity index (χ1) is 9.29. The van der Waals surface area contributed by atoms with Crippen LogP contribution in [0.3, 0.4) is 0 Å². The van der Waals surface area contributed by atoms with Crippen molar-refractivity contribution in [3.8, 4) is 0 Å². The Hall–Kier alpha value is -0.320. The van der Waals surface area contributed by atoms with Crippen LogP contribution in [0, 0.1) is 0 Å². The summed E-state index contributed by atoms with van der Waals surface area (Å²) in [6, 6.07) is 2.16. The van der Waals surface area contributed by atoms with Gasteiger partial charge in [0.25, 0.3) is 0 Å². The summed E-state index contributed by atoms with van der Waals surface area (Å²) in [4.78, 5) is 0. The van der Waals surface area contributed by atoms with Gasteiger partial charge in [-0.15, -0.1) is 0 Å². The standard InChI is InChI=1S/C15H27BrN2O/c1-2-3-4-5-6-7-8-9-10-14(18-17)13-11-12-19-15(13)16/h11-12,14,18H,2-10,17H2,1H3. The molecule has 0 amide bonds. The summed E-state index contributed by atoms with van der Waals surface area (Å²) >= 11 is 3.40. The van der Waals surface area contributed by atoms with Crippen molar-refractivity contribution in [2.24, 2.45) is 5.84 Å². The average Bonchev–Trinajstić information content (AvgIpc) is 2.83. The molecule has 0 aliphatic heterocycles. The largest absolute Gasteiger partial charge is 0.457 e. The lowest BCUT2D eigenvalue weighted by Gasteiger charge is -2.14. The third-order valence-corrected chi connectivity index (χ3v) is 4.21. The molecule has 0 fully saturated rings. The van der Waals surface area contributed by atoms with Gasteiger partial charge >= 0.3 is 0 Å². The van der Waals surface area contributed by atoms with E-state index in [0.29, 0.717) is 0 Å². The lowest BCUT2D eigenvalue weighted by atomic mass is 10.0. The van der Waals surface area contributed by atoms with Crippen LogP contribution in [0.5, 0.6) is 0 Å². The smallest absolute Gasteiger partial charge is 0.173 e. The van der Waals surface area contributed by atoms with Gasteiger partial charge in [0, 0.05) is 5.56 Å². The molecule has 3 N–H and O–H groups in total. The third-order valence-electron chi connectivity index (χ3n) is 3.57. The van der Waals surface area contributed by atoms with E-state index in [9.17, 15) is 0 Å². The van der Waals surface area contributed by atoms with Crippen LogP contribution < -0.4 is 11.3 Å². The minimum Gasteiger partial charge on any atom is -0.457 e. The summed E-state index contributed by atoms with van der Waals surface area (Å²) < 4.78 is 6.04. The maximum absolute atomic E-state index is 5.62. The average molecular weight is 331 g/mol. The second-order valence-corrected chi connectivity index (χ2v) is 5.85. The highest BCUT2D eigenvalue weighted by molar-refractivity contribution is 9.10. The SMILES string of the molecule is CCCCCCCCCCC(NN)c1ccoc1Br. The van der Waals surface area contributed by atoms with Gasteiger partial charge < -0.3 is 4.42 Å². The minimum atomic E-state index is 0.188. The van der Waals surface area contributed by atoms with E-state index in [1.54, 1.807) is 6.26 Å². The molecule has 1 heterocycles. The Labute approximate surface area is 125 Å². The number of hydrogen-bond donors (Lipinski definition) is 2. The van der Waals surface area contributed by atoms with E-state index in [0.717, 1.165) is 16.7 Å². The van der Waals surface area contributed by atoms with Crippen LogP contribution in [0.15, 0.2) is 21.4 Å². The van der Waals surface area contributed by atoms with Crippen LogP contribution in [-0.2, 0) is 0 Å². The topological polar surface area (TPSA) is 51.2 Å². The van der Waals surface area contributed by atoms with Crippen LogP contribution in [0.25, 0.3) is 0 Å². The highest BCUT2D eigenvalue weighted by Gasteiger charge is 2.14. The fourth-order valence-electron chi connectivity index (χ4n) is 2.36. The summed E-state index contributed by atoms with van der Waals surface area (Å²) in [5.74, 6) is 5.62. The van der Waals surface area contributed by atoms with Gasteiger partial charge in [-0.05, 0) is 28.4 Å². The molecular weight excluding hydrogens is 304 g/mol. The molecule has 1 aromatic heterocycles. The van der Waals surface area contributed by atoms with Crippen molar-refractivity contribution in [3.05, 3.63) is 22.6 Å². The van der Waals surface area contributed by atoms with Crippen molar-refractivity contribution in [2.75, 3.05) is 0 Å². The maximum atomic E-state index is 5.62. The molecule has 0 bridgehead atoms. The Balaban J connectivity index is 2.09. The molecular formula is C15H27BrN2O. The molecule has 19 heavy (non-hydrogen) atoms. The molecule has 3 nitrogen and oxygen atoms in total. The fraction of sp³-hybridized carbons (Fsp3) is 0.733. The van der Waals surface area contributed by atoms with Crippen LogP contribution in [0.2, 0.25) is 0 Å². The second kappa shape index (κ2) is 10.5. The molecule has 0 saturated heterocycles. The molecule has 1 atom stereocenters. The van der Waals surface area contributed by atoms with Crippen molar-refractivity contribution in [1.82, 2.24) is 5.43 Å². The predicted molar refractivity (Wildman–Crippen MR) is 83.7 cm³/mol. The van der Waals surface area contributed by atoms with E-state index in [-0.39, 0.29) is 6.04 Å². The molecule has 0 spiro atoms. The Morgan fingerprint density at radius 2 is 1.79 bits per heavy atom. The number of furan rings is 1. The Morgan fingerprint density at radius 3 is 2.32 bits per heavy atom. The first kappa shape index (κ1) is 16.7. The van der Waals surface area contributed by atoms with Crippen molar-refractivity contribution < 1.29 is 4.42 Å². The van der Waals surface area contributed by atoms with E-state index in [4.69, 9.17) is 10.3 Å². The van der Waals surface area contributed by atoms with Crippen LogP contribution in [0.4, 0.5) is 0 Å². The highest BCUT2D eigenvalue weighted by atomic mass is 79.9. The zero-order chi connectivity index (χ0) is 13.9. The van der Waals surface area contributed by atoms with Gasteiger partial charge in [0.05, 0.1) is 12.3 Å². The lowest BCUT2D eigenvalue weighted by Crippen LogP contribution is -2.27. The van der Waals surface area contributed by atoms with Crippen molar-refractivity contribution >= 4 is 15.9 Å². The van der Waals surface area contributed by atoms with Crippen molar-refractivity contribution in [3.63, 3.8) is 0 Å². The molecule has 110 valence electrons. The molecule has 1 unspecified atom stereocenters. The quantitative estimate of drug-likeness (QED) is 0.338. The molecule has 0 aliphatic carbocycles. The minimum absolute atomic E-state index is 0.188. The Kier molecular flexibility index (Phi) is 9.22. The number of unbranched alkanes of at least 4 members (excludes halogenated alkanes) is 7. The van der Waals surface area contributed by atoms with E-state index in [2.05, 4.69) is 28.3 Å². The fourth-order valence-corrected chi connectivity index (χ4v) is 2.88. The molecule has 0 radical (unpaired) electrons. The molecule has 0 aliphatic rings. The van der Waals surface area contributed by atoms with Crippen molar-refractivity contribution in [1.29, 1.82) is 0 Å². The number of nitrogens with two attached hydrogens (primary N) is 1. The monoisotopic (exact) mass is 330 g/mol. The number of hydrogen-bond acceptors (Lipinski definition) is 3. The zero-order valence-electron chi connectivity index (χ0n) is 12.0. The molecule has 1 aromatic rings. The highest BCUT2D eigenvalue weighted by Crippen LogP contribution is 2.27. The summed E-state index contributed by atoms with van der Waals surface area (Å²) in [6.07, 6.45) is 13.5. The van der Waals surface area contributed by atoms with Gasteiger partial charge in [0.1, 0.15) is 0 Å². The molecule has 4 heteroatoms. The first-order valence-electron chi connectivity index (χ1n) is 7.48. The number of rotatable bonds is 11. The second-order valence-electron chi connectivity index (χ2n) is 5.13. The number of hydrazine groups is 1. The first-order valence-corrected chi connectivity index (χ1v) is 8.28.